The van der Waals surface area contributed by atoms with Crippen molar-refractivity contribution in [3.63, 3.8) is 0 Å². The summed E-state index contributed by atoms with van der Waals surface area (Å²) in [4.78, 5) is 11.9. The molecule has 0 unspecified atom stereocenters. The van der Waals surface area contributed by atoms with Gasteiger partial charge in [0, 0.05) is 18.4 Å². The molecule has 1 aliphatic rings. The third-order valence-corrected chi connectivity index (χ3v) is 2.72. The summed E-state index contributed by atoms with van der Waals surface area (Å²) >= 11 is 0. The lowest BCUT2D eigenvalue weighted by Crippen LogP contribution is -2.23. The SMILES string of the molecule is O=c1n(Cc2ccco2)ccn1C1CC1. The molecule has 0 atom stereocenters. The Labute approximate surface area is 86.7 Å². The first-order valence-corrected chi connectivity index (χ1v) is 5.14. The zero-order valence-corrected chi connectivity index (χ0v) is 8.30. The highest BCUT2D eigenvalue weighted by atomic mass is 16.3. The monoisotopic (exact) mass is 204 g/mol. The van der Waals surface area contributed by atoms with Crippen LogP contribution in [-0.2, 0) is 6.54 Å². The fourth-order valence-corrected chi connectivity index (χ4v) is 1.75. The predicted molar refractivity (Wildman–Crippen MR) is 54.8 cm³/mol. The lowest BCUT2D eigenvalue weighted by Gasteiger charge is -1.98. The van der Waals surface area contributed by atoms with Crippen LogP contribution in [0.25, 0.3) is 0 Å². The molecular formula is C11H12N2O2. The van der Waals surface area contributed by atoms with E-state index in [9.17, 15) is 4.79 Å². The molecule has 0 bridgehead atoms. The minimum absolute atomic E-state index is 0.0638. The molecule has 0 N–H and O–H groups in total. The van der Waals surface area contributed by atoms with Gasteiger partial charge in [-0.2, -0.15) is 0 Å². The highest BCUT2D eigenvalue weighted by Gasteiger charge is 2.25. The Balaban J connectivity index is 1.89. The molecule has 0 spiro atoms. The van der Waals surface area contributed by atoms with E-state index in [1.54, 1.807) is 10.8 Å². The molecule has 0 radical (unpaired) electrons. The molecule has 0 saturated heterocycles. The molecule has 78 valence electrons. The lowest BCUT2D eigenvalue weighted by molar-refractivity contribution is 0.487. The van der Waals surface area contributed by atoms with E-state index in [2.05, 4.69) is 0 Å². The van der Waals surface area contributed by atoms with Crippen LogP contribution in [0.5, 0.6) is 0 Å². The zero-order chi connectivity index (χ0) is 10.3. The molecule has 0 aliphatic heterocycles. The number of nitrogens with zero attached hydrogens (tertiary/aromatic N) is 2. The highest BCUT2D eigenvalue weighted by molar-refractivity contribution is 5.00. The van der Waals surface area contributed by atoms with Gasteiger partial charge in [0.1, 0.15) is 5.76 Å². The van der Waals surface area contributed by atoms with E-state index < -0.39 is 0 Å². The molecule has 1 fully saturated rings. The Kier molecular flexibility index (Phi) is 1.80. The van der Waals surface area contributed by atoms with E-state index in [0.29, 0.717) is 12.6 Å². The average Bonchev–Trinajstić information content (AvgIpc) is 2.83. The summed E-state index contributed by atoms with van der Waals surface area (Å²) in [6.45, 7) is 0.519. The van der Waals surface area contributed by atoms with Crippen molar-refractivity contribution in [1.82, 2.24) is 9.13 Å². The summed E-state index contributed by atoms with van der Waals surface area (Å²) in [5, 5.41) is 0. The second kappa shape index (κ2) is 3.15. The quantitative estimate of drug-likeness (QED) is 0.762. The Morgan fingerprint density at radius 1 is 1.40 bits per heavy atom. The van der Waals surface area contributed by atoms with E-state index in [0.717, 1.165) is 18.6 Å². The average molecular weight is 204 g/mol. The maximum atomic E-state index is 11.9. The molecule has 1 saturated carbocycles. The van der Waals surface area contributed by atoms with E-state index >= 15 is 0 Å². The molecule has 4 heteroatoms. The molecule has 1 aliphatic carbocycles. The number of furan rings is 1. The molecule has 0 amide bonds. The van der Waals surface area contributed by atoms with E-state index in [1.165, 1.54) is 0 Å². The van der Waals surface area contributed by atoms with E-state index in [4.69, 9.17) is 4.42 Å². The molecule has 2 heterocycles. The Morgan fingerprint density at radius 3 is 2.93 bits per heavy atom. The minimum atomic E-state index is 0.0638. The number of aromatic nitrogens is 2. The van der Waals surface area contributed by atoms with Crippen LogP contribution < -0.4 is 5.69 Å². The number of hydrogen-bond donors (Lipinski definition) is 0. The van der Waals surface area contributed by atoms with E-state index in [1.807, 2.05) is 29.1 Å². The molecule has 3 rings (SSSR count). The normalized spacial score (nSPS) is 15.7. The van der Waals surface area contributed by atoms with Crippen LogP contribution in [0.4, 0.5) is 0 Å². The summed E-state index contributed by atoms with van der Waals surface area (Å²) in [5.41, 5.74) is 0.0638. The summed E-state index contributed by atoms with van der Waals surface area (Å²) in [6.07, 6.45) is 7.57. The lowest BCUT2D eigenvalue weighted by atomic mass is 10.4. The van der Waals surface area contributed by atoms with Crippen LogP contribution in [0.2, 0.25) is 0 Å². The minimum Gasteiger partial charge on any atom is -0.467 e. The fourth-order valence-electron chi connectivity index (χ4n) is 1.75. The van der Waals surface area contributed by atoms with Gasteiger partial charge in [-0.1, -0.05) is 0 Å². The molecule has 0 aromatic carbocycles. The van der Waals surface area contributed by atoms with Crippen molar-refractivity contribution in [2.75, 3.05) is 0 Å². The van der Waals surface area contributed by atoms with Gasteiger partial charge < -0.3 is 4.42 Å². The maximum absolute atomic E-state index is 11.9. The summed E-state index contributed by atoms with van der Waals surface area (Å²) in [6, 6.07) is 4.15. The van der Waals surface area contributed by atoms with Crippen molar-refractivity contribution in [3.8, 4) is 0 Å². The van der Waals surface area contributed by atoms with Crippen molar-refractivity contribution in [1.29, 1.82) is 0 Å². The van der Waals surface area contributed by atoms with Gasteiger partial charge in [0.2, 0.25) is 0 Å². The van der Waals surface area contributed by atoms with Crippen LogP contribution in [0.1, 0.15) is 24.6 Å². The van der Waals surface area contributed by atoms with Crippen LogP contribution in [0.3, 0.4) is 0 Å². The smallest absolute Gasteiger partial charge is 0.328 e. The number of imidazole rings is 1. The van der Waals surface area contributed by atoms with Crippen molar-refractivity contribution in [2.24, 2.45) is 0 Å². The van der Waals surface area contributed by atoms with Crippen molar-refractivity contribution < 1.29 is 4.42 Å². The van der Waals surface area contributed by atoms with Crippen LogP contribution >= 0.6 is 0 Å². The molecular weight excluding hydrogens is 192 g/mol. The van der Waals surface area contributed by atoms with Gasteiger partial charge in [-0.3, -0.25) is 9.13 Å². The van der Waals surface area contributed by atoms with Crippen molar-refractivity contribution >= 4 is 0 Å². The van der Waals surface area contributed by atoms with E-state index in [-0.39, 0.29) is 5.69 Å². The van der Waals surface area contributed by atoms with Crippen molar-refractivity contribution in [2.45, 2.75) is 25.4 Å². The molecule has 2 aromatic rings. The van der Waals surface area contributed by atoms with Gasteiger partial charge in [0.25, 0.3) is 0 Å². The molecule has 4 nitrogen and oxygen atoms in total. The van der Waals surface area contributed by atoms with Crippen LogP contribution in [-0.4, -0.2) is 9.13 Å². The number of hydrogen-bond acceptors (Lipinski definition) is 2. The van der Waals surface area contributed by atoms with Gasteiger partial charge in [0.05, 0.1) is 12.8 Å². The van der Waals surface area contributed by atoms with Gasteiger partial charge in [0.15, 0.2) is 0 Å². The third kappa shape index (κ3) is 1.52. The first-order chi connectivity index (χ1) is 7.34. The Morgan fingerprint density at radius 2 is 2.27 bits per heavy atom. The predicted octanol–water partition coefficient (Wildman–Crippen LogP) is 1.63. The first kappa shape index (κ1) is 8.59. The standard InChI is InChI=1S/C11H12N2O2/c14-11-12(8-10-2-1-7-15-10)5-6-13(11)9-3-4-9/h1-2,5-7,9H,3-4,8H2. The summed E-state index contributed by atoms with van der Waals surface area (Å²) in [5.74, 6) is 0.811. The first-order valence-electron chi connectivity index (χ1n) is 5.14. The molecule has 2 aromatic heterocycles. The Hall–Kier alpha value is -1.71. The fraction of sp³-hybridized carbons (Fsp3) is 0.364. The topological polar surface area (TPSA) is 40.1 Å². The van der Waals surface area contributed by atoms with Crippen LogP contribution in [0.15, 0.2) is 40.0 Å². The van der Waals surface area contributed by atoms with Gasteiger partial charge in [-0.05, 0) is 25.0 Å². The van der Waals surface area contributed by atoms with Crippen molar-refractivity contribution in [3.05, 3.63) is 47.0 Å². The largest absolute Gasteiger partial charge is 0.467 e. The third-order valence-electron chi connectivity index (χ3n) is 2.72. The van der Waals surface area contributed by atoms with Gasteiger partial charge in [-0.15, -0.1) is 0 Å². The molecule has 15 heavy (non-hydrogen) atoms. The number of rotatable bonds is 3. The summed E-state index contributed by atoms with van der Waals surface area (Å²) in [7, 11) is 0. The second-order valence-electron chi connectivity index (χ2n) is 3.93. The van der Waals surface area contributed by atoms with Gasteiger partial charge >= 0.3 is 5.69 Å². The second-order valence-corrected chi connectivity index (χ2v) is 3.93. The van der Waals surface area contributed by atoms with Crippen LogP contribution in [0, 0.1) is 0 Å². The Bertz CT molecular complexity index is 503. The highest BCUT2D eigenvalue weighted by Crippen LogP contribution is 2.33. The summed E-state index contributed by atoms with van der Waals surface area (Å²) < 4.78 is 8.70. The zero-order valence-electron chi connectivity index (χ0n) is 8.30. The van der Waals surface area contributed by atoms with Gasteiger partial charge in [-0.25, -0.2) is 4.79 Å². The maximum Gasteiger partial charge on any atom is 0.328 e.